The first-order valence-electron chi connectivity index (χ1n) is 8.73. The number of hydrogen-bond donors (Lipinski definition) is 1. The summed E-state index contributed by atoms with van der Waals surface area (Å²) < 4.78 is 11.6. The third kappa shape index (κ3) is 5.14. The first-order chi connectivity index (χ1) is 12.5. The van der Waals surface area contributed by atoms with Gasteiger partial charge in [-0.15, -0.1) is 11.3 Å². The molecule has 0 radical (unpaired) electrons. The SMILES string of the molecule is COC(=O)CN1CCN(CC(O)COc2ccc3sc(C)nc3c2)CC1. The molecule has 142 valence electrons. The van der Waals surface area contributed by atoms with E-state index in [1.54, 1.807) is 11.3 Å². The van der Waals surface area contributed by atoms with E-state index in [2.05, 4.69) is 14.8 Å². The largest absolute Gasteiger partial charge is 0.491 e. The fraction of sp³-hybridized carbons (Fsp3) is 0.556. The lowest BCUT2D eigenvalue weighted by Crippen LogP contribution is -2.50. The molecule has 1 N–H and O–H groups in total. The zero-order chi connectivity index (χ0) is 18.5. The molecular formula is C18H25N3O4S. The van der Waals surface area contributed by atoms with Gasteiger partial charge in [0, 0.05) is 38.8 Å². The molecule has 1 fully saturated rings. The van der Waals surface area contributed by atoms with Gasteiger partial charge in [-0.1, -0.05) is 0 Å². The molecule has 0 saturated carbocycles. The van der Waals surface area contributed by atoms with E-state index in [9.17, 15) is 9.90 Å². The third-order valence-corrected chi connectivity index (χ3v) is 5.37. The van der Waals surface area contributed by atoms with Gasteiger partial charge in [0.15, 0.2) is 0 Å². The van der Waals surface area contributed by atoms with Gasteiger partial charge in [0.05, 0.1) is 28.9 Å². The molecule has 1 saturated heterocycles. The number of aliphatic hydroxyl groups is 1. The summed E-state index contributed by atoms with van der Waals surface area (Å²) >= 11 is 1.66. The van der Waals surface area contributed by atoms with Gasteiger partial charge in [-0.05, 0) is 19.1 Å². The summed E-state index contributed by atoms with van der Waals surface area (Å²) in [6, 6.07) is 5.83. The van der Waals surface area contributed by atoms with E-state index >= 15 is 0 Å². The van der Waals surface area contributed by atoms with Crippen molar-refractivity contribution in [3.8, 4) is 5.75 Å². The molecule has 1 unspecified atom stereocenters. The summed E-state index contributed by atoms with van der Waals surface area (Å²) in [6.45, 7) is 6.34. The van der Waals surface area contributed by atoms with Crippen molar-refractivity contribution in [2.24, 2.45) is 0 Å². The van der Waals surface area contributed by atoms with Crippen molar-refractivity contribution < 1.29 is 19.4 Å². The number of ether oxygens (including phenoxy) is 2. The molecule has 1 atom stereocenters. The van der Waals surface area contributed by atoms with Gasteiger partial charge < -0.3 is 14.6 Å². The number of carbonyl (C=O) groups is 1. The quantitative estimate of drug-likeness (QED) is 0.723. The number of aromatic nitrogens is 1. The molecule has 0 bridgehead atoms. The predicted octanol–water partition coefficient (Wildman–Crippen LogP) is 1.14. The Morgan fingerprint density at radius 3 is 2.77 bits per heavy atom. The highest BCUT2D eigenvalue weighted by Crippen LogP contribution is 2.25. The van der Waals surface area contributed by atoms with Gasteiger partial charge in [-0.2, -0.15) is 0 Å². The first kappa shape index (κ1) is 19.0. The van der Waals surface area contributed by atoms with E-state index in [1.807, 2.05) is 25.1 Å². The van der Waals surface area contributed by atoms with E-state index in [0.717, 1.165) is 47.2 Å². The van der Waals surface area contributed by atoms with Gasteiger partial charge in [0.1, 0.15) is 18.5 Å². The minimum Gasteiger partial charge on any atom is -0.491 e. The monoisotopic (exact) mass is 379 g/mol. The Balaban J connectivity index is 1.41. The van der Waals surface area contributed by atoms with Crippen molar-refractivity contribution in [2.45, 2.75) is 13.0 Å². The topological polar surface area (TPSA) is 75.1 Å². The van der Waals surface area contributed by atoms with Gasteiger partial charge in [-0.3, -0.25) is 14.6 Å². The van der Waals surface area contributed by atoms with Crippen molar-refractivity contribution in [1.82, 2.24) is 14.8 Å². The summed E-state index contributed by atoms with van der Waals surface area (Å²) in [6.07, 6.45) is -0.560. The van der Waals surface area contributed by atoms with Gasteiger partial charge >= 0.3 is 5.97 Å². The minimum atomic E-state index is -0.560. The fourth-order valence-corrected chi connectivity index (χ4v) is 3.84. The first-order valence-corrected chi connectivity index (χ1v) is 9.54. The summed E-state index contributed by atoms with van der Waals surface area (Å²) in [4.78, 5) is 20.0. The smallest absolute Gasteiger partial charge is 0.319 e. The van der Waals surface area contributed by atoms with E-state index in [1.165, 1.54) is 7.11 Å². The Morgan fingerprint density at radius 1 is 1.31 bits per heavy atom. The normalized spacial score (nSPS) is 17.3. The molecule has 8 heteroatoms. The second kappa shape index (κ2) is 8.77. The van der Waals surface area contributed by atoms with Gasteiger partial charge in [0.25, 0.3) is 0 Å². The Labute approximate surface area is 157 Å². The molecule has 2 aromatic rings. The van der Waals surface area contributed by atoms with Crippen LogP contribution in [-0.2, 0) is 9.53 Å². The average molecular weight is 379 g/mol. The molecule has 2 heterocycles. The number of methoxy groups -OCH3 is 1. The summed E-state index contributed by atoms with van der Waals surface area (Å²) in [5, 5.41) is 11.3. The van der Waals surface area contributed by atoms with Crippen LogP contribution in [0.1, 0.15) is 5.01 Å². The second-order valence-corrected chi connectivity index (χ2v) is 7.71. The molecule has 1 aromatic heterocycles. The zero-order valence-electron chi connectivity index (χ0n) is 15.2. The number of hydrogen-bond acceptors (Lipinski definition) is 8. The van der Waals surface area contributed by atoms with Gasteiger partial charge in [0.2, 0.25) is 0 Å². The lowest BCUT2D eigenvalue weighted by atomic mass is 10.2. The Kier molecular flexibility index (Phi) is 6.42. The summed E-state index contributed by atoms with van der Waals surface area (Å²) in [5.74, 6) is 0.518. The number of rotatable bonds is 7. The maximum absolute atomic E-state index is 11.3. The van der Waals surface area contributed by atoms with Crippen molar-refractivity contribution in [3.63, 3.8) is 0 Å². The number of aliphatic hydroxyl groups excluding tert-OH is 1. The average Bonchev–Trinajstić information content (AvgIpc) is 3.00. The lowest BCUT2D eigenvalue weighted by Gasteiger charge is -2.34. The Morgan fingerprint density at radius 2 is 2.04 bits per heavy atom. The summed E-state index contributed by atoms with van der Waals surface area (Å²) in [5.41, 5.74) is 0.932. The molecule has 1 aromatic carbocycles. The van der Waals surface area contributed by atoms with Crippen molar-refractivity contribution in [1.29, 1.82) is 0 Å². The molecule has 0 spiro atoms. The maximum atomic E-state index is 11.3. The Hall–Kier alpha value is -1.74. The molecule has 7 nitrogen and oxygen atoms in total. The van der Waals surface area contributed by atoms with Crippen LogP contribution in [0.3, 0.4) is 0 Å². The van der Waals surface area contributed by atoms with Crippen LogP contribution >= 0.6 is 11.3 Å². The van der Waals surface area contributed by atoms with E-state index in [4.69, 9.17) is 9.47 Å². The molecular weight excluding hydrogens is 354 g/mol. The highest BCUT2D eigenvalue weighted by Gasteiger charge is 2.21. The number of β-amino-alcohol motifs (C(OH)–C–C–N with tert-alkyl or cyclic N) is 1. The summed E-state index contributed by atoms with van der Waals surface area (Å²) in [7, 11) is 1.41. The molecule has 1 aliphatic heterocycles. The Bertz CT molecular complexity index is 743. The number of esters is 1. The number of benzene rings is 1. The van der Waals surface area contributed by atoms with Crippen LogP contribution in [-0.4, -0.2) is 84.9 Å². The van der Waals surface area contributed by atoms with Crippen molar-refractivity contribution >= 4 is 27.5 Å². The van der Waals surface area contributed by atoms with E-state index in [0.29, 0.717) is 13.1 Å². The highest BCUT2D eigenvalue weighted by molar-refractivity contribution is 7.18. The van der Waals surface area contributed by atoms with E-state index in [-0.39, 0.29) is 12.6 Å². The van der Waals surface area contributed by atoms with Crippen molar-refractivity contribution in [3.05, 3.63) is 23.2 Å². The zero-order valence-corrected chi connectivity index (χ0v) is 16.0. The number of carbonyl (C=O) groups excluding carboxylic acids is 1. The van der Waals surface area contributed by atoms with Crippen LogP contribution in [0.5, 0.6) is 5.75 Å². The second-order valence-electron chi connectivity index (χ2n) is 6.48. The van der Waals surface area contributed by atoms with Crippen LogP contribution in [0.2, 0.25) is 0 Å². The maximum Gasteiger partial charge on any atom is 0.319 e. The number of nitrogens with zero attached hydrogens (tertiary/aromatic N) is 3. The fourth-order valence-electron chi connectivity index (χ4n) is 3.03. The number of fused-ring (bicyclic) bond motifs is 1. The van der Waals surface area contributed by atoms with Gasteiger partial charge in [-0.25, -0.2) is 4.98 Å². The minimum absolute atomic E-state index is 0.209. The predicted molar refractivity (Wildman–Crippen MR) is 101 cm³/mol. The van der Waals surface area contributed by atoms with Crippen LogP contribution in [0.15, 0.2) is 18.2 Å². The van der Waals surface area contributed by atoms with E-state index < -0.39 is 6.10 Å². The number of aryl methyl sites for hydroxylation is 1. The van der Waals surface area contributed by atoms with Crippen LogP contribution < -0.4 is 4.74 Å². The number of piperazine rings is 1. The molecule has 3 rings (SSSR count). The molecule has 1 aliphatic rings. The van der Waals surface area contributed by atoms with Crippen LogP contribution in [0, 0.1) is 6.92 Å². The molecule has 26 heavy (non-hydrogen) atoms. The highest BCUT2D eigenvalue weighted by atomic mass is 32.1. The molecule has 0 aliphatic carbocycles. The third-order valence-electron chi connectivity index (χ3n) is 4.42. The van der Waals surface area contributed by atoms with Crippen molar-refractivity contribution in [2.75, 3.05) is 53.0 Å². The lowest BCUT2D eigenvalue weighted by molar-refractivity contribution is -0.142. The standard InChI is InChI=1S/C18H25N3O4S/c1-13-19-16-9-15(3-4-17(16)26-13)25-12-14(22)10-20-5-7-21(8-6-20)11-18(23)24-2/h3-4,9,14,22H,5-8,10-12H2,1-2H3. The number of thiazole rings is 1. The van der Waals surface area contributed by atoms with Crippen LogP contribution in [0.25, 0.3) is 10.2 Å². The molecule has 0 amide bonds. The van der Waals surface area contributed by atoms with Crippen LogP contribution in [0.4, 0.5) is 0 Å².